The van der Waals surface area contributed by atoms with Crippen LogP contribution in [0.3, 0.4) is 0 Å². The van der Waals surface area contributed by atoms with Crippen molar-refractivity contribution < 1.29 is 9.90 Å². The topological polar surface area (TPSA) is 50.2 Å². The van der Waals surface area contributed by atoms with E-state index in [4.69, 9.17) is 5.11 Å². The predicted octanol–water partition coefficient (Wildman–Crippen LogP) is 2.74. The van der Waals surface area contributed by atoms with Gasteiger partial charge in [-0.1, -0.05) is 6.42 Å². The first-order valence-corrected chi connectivity index (χ1v) is 5.76. The lowest BCUT2D eigenvalue weighted by Gasteiger charge is -2.40. The van der Waals surface area contributed by atoms with Gasteiger partial charge in [0.15, 0.2) is 0 Å². The van der Waals surface area contributed by atoms with Crippen molar-refractivity contribution in [1.82, 2.24) is 4.98 Å². The summed E-state index contributed by atoms with van der Waals surface area (Å²) < 4.78 is 0.922. The second-order valence-electron chi connectivity index (χ2n) is 4.04. The van der Waals surface area contributed by atoms with Gasteiger partial charge in [0, 0.05) is 16.1 Å². The maximum atomic E-state index is 10.8. The third-order valence-corrected chi connectivity index (χ3v) is 3.70. The fraction of sp³-hybridized carbons (Fsp3) is 0.455. The summed E-state index contributed by atoms with van der Waals surface area (Å²) in [5.41, 5.74) is 0.671. The fourth-order valence-corrected chi connectivity index (χ4v) is 2.84. The molecule has 1 saturated carbocycles. The van der Waals surface area contributed by atoms with Crippen LogP contribution in [0.1, 0.15) is 31.4 Å². The first-order chi connectivity index (χ1) is 7.14. The van der Waals surface area contributed by atoms with Crippen LogP contribution < -0.4 is 0 Å². The monoisotopic (exact) mass is 269 g/mol. The van der Waals surface area contributed by atoms with Crippen LogP contribution in [0, 0.1) is 0 Å². The zero-order valence-corrected chi connectivity index (χ0v) is 9.83. The van der Waals surface area contributed by atoms with Crippen molar-refractivity contribution in [1.29, 1.82) is 0 Å². The van der Waals surface area contributed by atoms with E-state index in [0.29, 0.717) is 0 Å². The van der Waals surface area contributed by atoms with Crippen LogP contribution in [0.5, 0.6) is 0 Å². The third-order valence-electron chi connectivity index (χ3n) is 3.06. The van der Waals surface area contributed by atoms with Crippen molar-refractivity contribution in [2.24, 2.45) is 0 Å². The van der Waals surface area contributed by atoms with Gasteiger partial charge in [-0.3, -0.25) is 9.78 Å². The SMILES string of the molecule is O=C(O)CC1(c2ncccc2Br)CCC1. The Bertz CT molecular complexity index is 388. The van der Waals surface area contributed by atoms with Gasteiger partial charge < -0.3 is 5.11 Å². The second-order valence-corrected chi connectivity index (χ2v) is 4.89. The average molecular weight is 270 g/mol. The normalized spacial score (nSPS) is 18.2. The zero-order valence-electron chi connectivity index (χ0n) is 8.24. The number of aliphatic carboxylic acids is 1. The molecule has 0 aromatic carbocycles. The molecule has 0 unspecified atom stereocenters. The molecule has 1 N–H and O–H groups in total. The predicted molar refractivity (Wildman–Crippen MR) is 59.7 cm³/mol. The van der Waals surface area contributed by atoms with Gasteiger partial charge in [-0.15, -0.1) is 0 Å². The summed E-state index contributed by atoms with van der Waals surface area (Å²) >= 11 is 3.44. The van der Waals surface area contributed by atoms with Crippen molar-refractivity contribution in [2.75, 3.05) is 0 Å². The molecule has 0 atom stereocenters. The highest BCUT2D eigenvalue weighted by Crippen LogP contribution is 2.47. The standard InChI is InChI=1S/C11H12BrNO2/c12-8-3-1-6-13-10(8)11(4-2-5-11)7-9(14)15/h1,3,6H,2,4-5,7H2,(H,14,15). The van der Waals surface area contributed by atoms with Crippen molar-refractivity contribution in [2.45, 2.75) is 31.1 Å². The third kappa shape index (κ3) is 1.91. The molecule has 1 heterocycles. The molecule has 15 heavy (non-hydrogen) atoms. The average Bonchev–Trinajstić information content (AvgIpc) is 2.12. The Morgan fingerprint density at radius 2 is 2.33 bits per heavy atom. The van der Waals surface area contributed by atoms with Crippen molar-refractivity contribution >= 4 is 21.9 Å². The molecule has 1 fully saturated rings. The number of carbonyl (C=O) groups is 1. The van der Waals surface area contributed by atoms with Crippen LogP contribution in [0.15, 0.2) is 22.8 Å². The van der Waals surface area contributed by atoms with E-state index in [1.807, 2.05) is 12.1 Å². The highest BCUT2D eigenvalue weighted by molar-refractivity contribution is 9.10. The number of hydrogen-bond acceptors (Lipinski definition) is 2. The van der Waals surface area contributed by atoms with Crippen LogP contribution in [0.2, 0.25) is 0 Å². The van der Waals surface area contributed by atoms with Crippen molar-refractivity contribution in [3.63, 3.8) is 0 Å². The molecule has 0 spiro atoms. The molecule has 0 radical (unpaired) electrons. The minimum Gasteiger partial charge on any atom is -0.481 e. The Morgan fingerprint density at radius 1 is 1.60 bits per heavy atom. The lowest BCUT2D eigenvalue weighted by Crippen LogP contribution is -2.37. The summed E-state index contributed by atoms with van der Waals surface area (Å²) in [6.07, 6.45) is 4.85. The van der Waals surface area contributed by atoms with E-state index in [1.165, 1.54) is 0 Å². The number of carboxylic acid groups (broad SMARTS) is 1. The van der Waals surface area contributed by atoms with Crippen molar-refractivity contribution in [3.8, 4) is 0 Å². The van der Waals surface area contributed by atoms with E-state index in [-0.39, 0.29) is 11.8 Å². The first-order valence-electron chi connectivity index (χ1n) is 4.97. The molecule has 1 aliphatic rings. The van der Waals surface area contributed by atoms with Gasteiger partial charge >= 0.3 is 5.97 Å². The van der Waals surface area contributed by atoms with E-state index in [1.54, 1.807) is 6.20 Å². The highest BCUT2D eigenvalue weighted by Gasteiger charge is 2.42. The quantitative estimate of drug-likeness (QED) is 0.918. The molecule has 2 rings (SSSR count). The number of pyridine rings is 1. The fourth-order valence-electron chi connectivity index (χ4n) is 2.17. The maximum Gasteiger partial charge on any atom is 0.304 e. The van der Waals surface area contributed by atoms with E-state index in [9.17, 15) is 4.79 Å². The summed E-state index contributed by atoms with van der Waals surface area (Å²) in [4.78, 5) is 15.2. The van der Waals surface area contributed by atoms with Crippen LogP contribution in [-0.4, -0.2) is 16.1 Å². The Balaban J connectivity index is 2.34. The van der Waals surface area contributed by atoms with Crippen LogP contribution in [-0.2, 0) is 10.2 Å². The smallest absolute Gasteiger partial charge is 0.304 e. The Hall–Kier alpha value is -0.900. The number of rotatable bonds is 3. The zero-order chi connectivity index (χ0) is 10.9. The summed E-state index contributed by atoms with van der Waals surface area (Å²) in [6.45, 7) is 0. The lowest BCUT2D eigenvalue weighted by molar-refractivity contribution is -0.139. The summed E-state index contributed by atoms with van der Waals surface area (Å²) in [5, 5.41) is 8.92. The highest BCUT2D eigenvalue weighted by atomic mass is 79.9. The number of aromatic nitrogens is 1. The minimum atomic E-state index is -0.743. The van der Waals surface area contributed by atoms with Gasteiger partial charge in [-0.05, 0) is 40.9 Å². The molecule has 0 bridgehead atoms. The molecule has 0 saturated heterocycles. The molecule has 1 aromatic rings. The van der Waals surface area contributed by atoms with Gasteiger partial charge in [0.25, 0.3) is 0 Å². The van der Waals surface area contributed by atoms with Crippen LogP contribution in [0.25, 0.3) is 0 Å². The summed E-state index contributed by atoms with van der Waals surface area (Å²) in [7, 11) is 0. The molecular weight excluding hydrogens is 258 g/mol. The molecule has 4 heteroatoms. The Kier molecular flexibility index (Phi) is 2.78. The lowest BCUT2D eigenvalue weighted by atomic mass is 9.64. The number of hydrogen-bond donors (Lipinski definition) is 1. The van der Waals surface area contributed by atoms with E-state index in [2.05, 4.69) is 20.9 Å². The summed E-state index contributed by atoms with van der Waals surface area (Å²) in [5.74, 6) is -0.743. The molecular formula is C11H12BrNO2. The number of nitrogens with zero attached hydrogens (tertiary/aromatic N) is 1. The minimum absolute atomic E-state index is 0.183. The number of carboxylic acids is 1. The van der Waals surface area contributed by atoms with Gasteiger partial charge in [-0.25, -0.2) is 0 Å². The molecule has 0 aliphatic heterocycles. The van der Waals surface area contributed by atoms with Gasteiger partial charge in [0.2, 0.25) is 0 Å². The van der Waals surface area contributed by atoms with E-state index < -0.39 is 5.97 Å². The first kappa shape index (κ1) is 10.6. The van der Waals surface area contributed by atoms with Crippen molar-refractivity contribution in [3.05, 3.63) is 28.5 Å². The van der Waals surface area contributed by atoms with Crippen LogP contribution in [0.4, 0.5) is 0 Å². The van der Waals surface area contributed by atoms with E-state index in [0.717, 1.165) is 29.4 Å². The van der Waals surface area contributed by atoms with Gasteiger partial charge in [0.1, 0.15) is 0 Å². The van der Waals surface area contributed by atoms with Gasteiger partial charge in [0.05, 0.1) is 12.1 Å². The van der Waals surface area contributed by atoms with Gasteiger partial charge in [-0.2, -0.15) is 0 Å². The van der Waals surface area contributed by atoms with E-state index >= 15 is 0 Å². The molecule has 80 valence electrons. The molecule has 1 aromatic heterocycles. The molecule has 3 nitrogen and oxygen atoms in total. The largest absolute Gasteiger partial charge is 0.481 e. The van der Waals surface area contributed by atoms with Crippen LogP contribution >= 0.6 is 15.9 Å². The number of halogens is 1. The molecule has 0 amide bonds. The Morgan fingerprint density at radius 3 is 2.80 bits per heavy atom. The second kappa shape index (κ2) is 3.93. The maximum absolute atomic E-state index is 10.8. The molecule has 1 aliphatic carbocycles. The summed E-state index contributed by atoms with van der Waals surface area (Å²) in [6, 6.07) is 3.77. The Labute approximate surface area is 96.7 Å².